The second kappa shape index (κ2) is 10.7. The third-order valence-electron chi connectivity index (χ3n) is 5.77. The fraction of sp³-hybridized carbons (Fsp3) is 0.458. The predicted molar refractivity (Wildman–Crippen MR) is 115 cm³/mol. The van der Waals surface area contributed by atoms with Crippen molar-refractivity contribution >= 4 is 23.2 Å². The standard InChI is InChI=1S/C24H27ClFNO3/c1-16-12-19(10-11-27-16)24(29)9-6-17-2-4-18(5-3-17)13-20(28)15-30-21-7-8-22(25)23(26)14-21/h7-8,10-12,14,17-18H,2-6,9,13,15H2,1H3. The molecule has 1 heterocycles. The molecule has 3 rings (SSSR count). The highest BCUT2D eigenvalue weighted by atomic mass is 35.5. The van der Waals surface area contributed by atoms with E-state index in [9.17, 15) is 14.0 Å². The molecule has 1 aromatic heterocycles. The number of rotatable bonds is 9. The van der Waals surface area contributed by atoms with Crippen LogP contribution in [0.4, 0.5) is 4.39 Å². The van der Waals surface area contributed by atoms with Crippen molar-refractivity contribution in [3.05, 3.63) is 58.6 Å². The number of pyridine rings is 1. The number of ether oxygens (including phenoxy) is 1. The second-order valence-electron chi connectivity index (χ2n) is 8.14. The quantitative estimate of drug-likeness (QED) is 0.457. The largest absolute Gasteiger partial charge is 0.486 e. The zero-order valence-electron chi connectivity index (χ0n) is 17.2. The molecule has 0 N–H and O–H groups in total. The van der Waals surface area contributed by atoms with Gasteiger partial charge in [0.1, 0.15) is 18.2 Å². The minimum Gasteiger partial charge on any atom is -0.486 e. The summed E-state index contributed by atoms with van der Waals surface area (Å²) in [5.41, 5.74) is 1.60. The molecule has 0 bridgehead atoms. The first-order valence-corrected chi connectivity index (χ1v) is 10.8. The summed E-state index contributed by atoms with van der Waals surface area (Å²) in [5, 5.41) is 0.0306. The molecule has 0 aliphatic heterocycles. The molecule has 1 aliphatic rings. The van der Waals surface area contributed by atoms with Crippen molar-refractivity contribution in [1.29, 1.82) is 0 Å². The average Bonchev–Trinajstić information content (AvgIpc) is 2.74. The monoisotopic (exact) mass is 431 g/mol. The highest BCUT2D eigenvalue weighted by Crippen LogP contribution is 2.33. The highest BCUT2D eigenvalue weighted by Gasteiger charge is 2.24. The van der Waals surface area contributed by atoms with Gasteiger partial charge in [-0.1, -0.05) is 24.4 Å². The number of aromatic nitrogens is 1. The number of carbonyl (C=O) groups excluding carboxylic acids is 2. The van der Waals surface area contributed by atoms with Gasteiger partial charge in [0.05, 0.1) is 5.02 Å². The van der Waals surface area contributed by atoms with E-state index in [-0.39, 0.29) is 23.2 Å². The van der Waals surface area contributed by atoms with Gasteiger partial charge in [0.15, 0.2) is 11.6 Å². The van der Waals surface area contributed by atoms with Crippen molar-refractivity contribution in [1.82, 2.24) is 4.98 Å². The number of ketones is 2. The van der Waals surface area contributed by atoms with Gasteiger partial charge >= 0.3 is 0 Å². The van der Waals surface area contributed by atoms with Gasteiger partial charge in [-0.3, -0.25) is 14.6 Å². The van der Waals surface area contributed by atoms with E-state index in [4.69, 9.17) is 16.3 Å². The van der Waals surface area contributed by atoms with Crippen LogP contribution in [0.5, 0.6) is 5.75 Å². The number of Topliss-reactive ketones (excluding diaryl/α,β-unsaturated/α-hetero) is 2. The maximum atomic E-state index is 13.4. The predicted octanol–water partition coefficient (Wildman–Crippen LogP) is 5.99. The van der Waals surface area contributed by atoms with E-state index in [0.29, 0.717) is 30.4 Å². The van der Waals surface area contributed by atoms with Crippen LogP contribution in [0.3, 0.4) is 0 Å². The van der Waals surface area contributed by atoms with Gasteiger partial charge in [0.2, 0.25) is 0 Å². The van der Waals surface area contributed by atoms with Gasteiger partial charge in [-0.2, -0.15) is 0 Å². The van der Waals surface area contributed by atoms with Gasteiger partial charge in [0, 0.05) is 36.4 Å². The first kappa shape index (κ1) is 22.4. The number of hydrogen-bond donors (Lipinski definition) is 0. The summed E-state index contributed by atoms with van der Waals surface area (Å²) in [6.45, 7) is 1.83. The third kappa shape index (κ3) is 6.63. The van der Waals surface area contributed by atoms with E-state index in [1.54, 1.807) is 18.3 Å². The van der Waals surface area contributed by atoms with Crippen LogP contribution in [0.2, 0.25) is 5.02 Å². The van der Waals surface area contributed by atoms with E-state index in [2.05, 4.69) is 4.98 Å². The van der Waals surface area contributed by atoms with Crippen LogP contribution in [-0.2, 0) is 4.79 Å². The highest BCUT2D eigenvalue weighted by molar-refractivity contribution is 6.30. The van der Waals surface area contributed by atoms with Crippen molar-refractivity contribution in [3.63, 3.8) is 0 Å². The van der Waals surface area contributed by atoms with Crippen molar-refractivity contribution in [2.75, 3.05) is 6.61 Å². The summed E-state index contributed by atoms with van der Waals surface area (Å²) in [7, 11) is 0. The summed E-state index contributed by atoms with van der Waals surface area (Å²) in [5.74, 6) is 0.848. The van der Waals surface area contributed by atoms with Crippen LogP contribution in [-0.4, -0.2) is 23.2 Å². The molecule has 4 nitrogen and oxygen atoms in total. The number of carbonyl (C=O) groups is 2. The minimum atomic E-state index is -0.558. The average molecular weight is 432 g/mol. The van der Waals surface area contributed by atoms with Crippen molar-refractivity contribution in [2.45, 2.75) is 51.9 Å². The molecule has 0 radical (unpaired) electrons. The number of hydrogen-bond acceptors (Lipinski definition) is 4. The Bertz CT molecular complexity index is 894. The Balaban J connectivity index is 1.35. The molecule has 30 heavy (non-hydrogen) atoms. The third-order valence-corrected chi connectivity index (χ3v) is 6.08. The van der Waals surface area contributed by atoms with Crippen molar-refractivity contribution in [2.24, 2.45) is 11.8 Å². The Labute approximate surface area is 181 Å². The molecule has 160 valence electrons. The van der Waals surface area contributed by atoms with Crippen molar-refractivity contribution in [3.8, 4) is 5.75 Å². The van der Waals surface area contributed by atoms with E-state index < -0.39 is 5.82 Å². The first-order chi connectivity index (χ1) is 14.4. The maximum Gasteiger partial charge on any atom is 0.170 e. The summed E-state index contributed by atoms with van der Waals surface area (Å²) in [6, 6.07) is 7.77. The van der Waals surface area contributed by atoms with Gasteiger partial charge < -0.3 is 4.74 Å². The number of nitrogens with zero attached hydrogens (tertiary/aromatic N) is 1. The molecule has 0 unspecified atom stereocenters. The molecule has 6 heteroatoms. The van der Waals surface area contributed by atoms with Gasteiger partial charge in [-0.05, 0) is 62.3 Å². The van der Waals surface area contributed by atoms with Crippen LogP contribution in [0, 0.1) is 24.6 Å². The zero-order valence-corrected chi connectivity index (χ0v) is 18.0. The molecule has 1 saturated carbocycles. The fourth-order valence-electron chi connectivity index (χ4n) is 4.03. The minimum absolute atomic E-state index is 0.0250. The fourth-order valence-corrected chi connectivity index (χ4v) is 4.15. The number of halogens is 2. The Morgan fingerprint density at radius 1 is 1.13 bits per heavy atom. The lowest BCUT2D eigenvalue weighted by Crippen LogP contribution is -2.21. The summed E-state index contributed by atoms with van der Waals surface area (Å²) < 4.78 is 18.8. The van der Waals surface area contributed by atoms with Crippen LogP contribution >= 0.6 is 11.6 Å². The molecule has 0 amide bonds. The Kier molecular flexibility index (Phi) is 7.97. The Morgan fingerprint density at radius 3 is 2.57 bits per heavy atom. The first-order valence-electron chi connectivity index (χ1n) is 10.5. The lowest BCUT2D eigenvalue weighted by atomic mass is 9.78. The molecular formula is C24H27ClFNO3. The summed E-state index contributed by atoms with van der Waals surface area (Å²) in [4.78, 5) is 28.7. The summed E-state index contributed by atoms with van der Waals surface area (Å²) >= 11 is 5.64. The van der Waals surface area contributed by atoms with Crippen molar-refractivity contribution < 1.29 is 18.7 Å². The number of benzene rings is 1. The second-order valence-corrected chi connectivity index (χ2v) is 8.55. The van der Waals surface area contributed by atoms with Crippen LogP contribution in [0.15, 0.2) is 36.5 Å². The lowest BCUT2D eigenvalue weighted by Gasteiger charge is -2.28. The van der Waals surface area contributed by atoms with Crippen LogP contribution < -0.4 is 4.74 Å². The van der Waals surface area contributed by atoms with E-state index >= 15 is 0 Å². The Hall–Kier alpha value is -2.27. The zero-order chi connectivity index (χ0) is 21.5. The van der Waals surface area contributed by atoms with Gasteiger partial charge in [-0.15, -0.1) is 0 Å². The number of aryl methyl sites for hydroxylation is 1. The maximum absolute atomic E-state index is 13.4. The van der Waals surface area contributed by atoms with Gasteiger partial charge in [0.25, 0.3) is 0 Å². The smallest absolute Gasteiger partial charge is 0.170 e. The molecule has 1 aliphatic carbocycles. The van der Waals surface area contributed by atoms with Crippen LogP contribution in [0.1, 0.15) is 61.0 Å². The molecule has 1 aromatic carbocycles. The topological polar surface area (TPSA) is 56.3 Å². The summed E-state index contributed by atoms with van der Waals surface area (Å²) in [6.07, 6.45) is 7.70. The SMILES string of the molecule is Cc1cc(C(=O)CCC2CCC(CC(=O)COc3ccc(Cl)c(F)c3)CC2)ccn1. The van der Waals surface area contributed by atoms with E-state index in [1.165, 1.54) is 12.1 Å². The Morgan fingerprint density at radius 2 is 1.87 bits per heavy atom. The molecule has 0 saturated heterocycles. The van der Waals surface area contributed by atoms with E-state index in [0.717, 1.165) is 43.4 Å². The lowest BCUT2D eigenvalue weighted by molar-refractivity contribution is -0.122. The van der Waals surface area contributed by atoms with E-state index in [1.807, 2.05) is 13.0 Å². The van der Waals surface area contributed by atoms with Gasteiger partial charge in [-0.25, -0.2) is 4.39 Å². The normalized spacial score (nSPS) is 18.8. The molecule has 2 aromatic rings. The molecule has 0 spiro atoms. The molecular weight excluding hydrogens is 405 g/mol. The van der Waals surface area contributed by atoms with Crippen LogP contribution in [0.25, 0.3) is 0 Å². The molecule has 1 fully saturated rings. The molecule has 0 atom stereocenters.